The predicted octanol–water partition coefficient (Wildman–Crippen LogP) is 1.97. The van der Waals surface area contributed by atoms with E-state index in [1.165, 1.54) is 36.5 Å². The van der Waals surface area contributed by atoms with Crippen LogP contribution in [0.4, 0.5) is 11.4 Å². The van der Waals surface area contributed by atoms with Crippen molar-refractivity contribution in [3.8, 4) is 0 Å². The predicted molar refractivity (Wildman–Crippen MR) is 81.2 cm³/mol. The van der Waals surface area contributed by atoms with Crippen LogP contribution >= 0.6 is 11.6 Å². The van der Waals surface area contributed by atoms with Crippen LogP contribution in [0.1, 0.15) is 10.4 Å². The minimum atomic E-state index is -3.27. The molecule has 21 heavy (non-hydrogen) atoms. The molecule has 1 amide bonds. The van der Waals surface area contributed by atoms with Gasteiger partial charge in [0, 0.05) is 11.9 Å². The molecular weight excluding hydrogens is 314 g/mol. The molecule has 110 valence electrons. The van der Waals surface area contributed by atoms with Gasteiger partial charge in [-0.1, -0.05) is 11.6 Å². The molecule has 0 bridgehead atoms. The number of hydrogen-bond donors (Lipinski definition) is 2. The van der Waals surface area contributed by atoms with Crippen LogP contribution in [0.3, 0.4) is 0 Å². The van der Waals surface area contributed by atoms with Crippen molar-refractivity contribution in [3.05, 3.63) is 47.2 Å². The Labute approximate surface area is 126 Å². The van der Waals surface area contributed by atoms with Gasteiger partial charge in [-0.15, -0.1) is 0 Å². The van der Waals surface area contributed by atoms with Crippen LogP contribution in [0.5, 0.6) is 0 Å². The van der Waals surface area contributed by atoms with Crippen molar-refractivity contribution in [1.82, 2.24) is 4.98 Å². The fourth-order valence-corrected chi connectivity index (χ4v) is 2.43. The summed E-state index contributed by atoms with van der Waals surface area (Å²) in [5, 5.41) is 2.63. The Morgan fingerprint density at radius 1 is 1.29 bits per heavy atom. The molecule has 0 radical (unpaired) electrons. The standard InChI is InChI=1S/C13H12ClN3O3S/c1-21(19,20)10-4-2-9(3-5-10)17-13(18)11-6-8(15)7-16-12(11)14/h2-7H,15H2,1H3,(H,17,18). The molecule has 0 aliphatic rings. The smallest absolute Gasteiger partial charge is 0.258 e. The van der Waals surface area contributed by atoms with Gasteiger partial charge in [0.1, 0.15) is 5.15 Å². The van der Waals surface area contributed by atoms with Crippen molar-refractivity contribution in [3.63, 3.8) is 0 Å². The first-order valence-corrected chi connectivity index (χ1v) is 8.07. The summed E-state index contributed by atoms with van der Waals surface area (Å²) in [5.74, 6) is -0.480. The number of nitrogens with two attached hydrogens (primary N) is 1. The maximum absolute atomic E-state index is 12.1. The third kappa shape index (κ3) is 3.71. The molecule has 0 spiro atoms. The number of carbonyl (C=O) groups is 1. The number of sulfone groups is 1. The quantitative estimate of drug-likeness (QED) is 0.840. The largest absolute Gasteiger partial charge is 0.397 e. The van der Waals surface area contributed by atoms with E-state index < -0.39 is 15.7 Å². The highest BCUT2D eigenvalue weighted by Gasteiger charge is 2.13. The van der Waals surface area contributed by atoms with Gasteiger partial charge in [-0.3, -0.25) is 4.79 Å². The van der Waals surface area contributed by atoms with Crippen LogP contribution in [0.2, 0.25) is 5.15 Å². The first kappa shape index (κ1) is 15.3. The average Bonchev–Trinajstić information content (AvgIpc) is 2.41. The van der Waals surface area contributed by atoms with Crippen molar-refractivity contribution >= 4 is 38.7 Å². The van der Waals surface area contributed by atoms with E-state index in [0.29, 0.717) is 11.4 Å². The van der Waals surface area contributed by atoms with E-state index in [9.17, 15) is 13.2 Å². The second-order valence-electron chi connectivity index (χ2n) is 4.36. The lowest BCUT2D eigenvalue weighted by Crippen LogP contribution is -2.13. The number of rotatable bonds is 3. The number of benzene rings is 1. The first-order chi connectivity index (χ1) is 9.77. The van der Waals surface area contributed by atoms with Gasteiger partial charge in [-0.05, 0) is 30.3 Å². The highest BCUT2D eigenvalue weighted by Crippen LogP contribution is 2.19. The summed E-state index contributed by atoms with van der Waals surface area (Å²) < 4.78 is 22.7. The first-order valence-electron chi connectivity index (χ1n) is 5.80. The molecule has 0 aliphatic carbocycles. The lowest BCUT2D eigenvalue weighted by Gasteiger charge is -2.07. The number of halogens is 1. The van der Waals surface area contributed by atoms with Gasteiger partial charge in [-0.2, -0.15) is 0 Å². The summed E-state index contributed by atoms with van der Waals surface area (Å²) in [6.07, 6.45) is 2.46. The van der Waals surface area contributed by atoms with Gasteiger partial charge in [0.25, 0.3) is 5.91 Å². The van der Waals surface area contributed by atoms with Gasteiger partial charge in [0.2, 0.25) is 0 Å². The van der Waals surface area contributed by atoms with Crippen LogP contribution in [-0.4, -0.2) is 25.6 Å². The second kappa shape index (κ2) is 5.71. The van der Waals surface area contributed by atoms with Crippen LogP contribution in [0.25, 0.3) is 0 Å². The number of nitrogens with zero attached hydrogens (tertiary/aromatic N) is 1. The number of nitrogens with one attached hydrogen (secondary N) is 1. The molecule has 1 aromatic carbocycles. The highest BCUT2D eigenvalue weighted by molar-refractivity contribution is 7.90. The van der Waals surface area contributed by atoms with Gasteiger partial charge in [-0.25, -0.2) is 13.4 Å². The third-order valence-electron chi connectivity index (χ3n) is 2.65. The molecule has 0 saturated carbocycles. The monoisotopic (exact) mass is 325 g/mol. The zero-order valence-electron chi connectivity index (χ0n) is 11.0. The Kier molecular flexibility index (Phi) is 4.15. The van der Waals surface area contributed by atoms with Crippen LogP contribution in [0, 0.1) is 0 Å². The van der Waals surface area contributed by atoms with Crippen LogP contribution < -0.4 is 11.1 Å². The molecule has 3 N–H and O–H groups in total. The number of aromatic nitrogens is 1. The number of anilines is 2. The summed E-state index contributed by atoms with van der Waals surface area (Å²) in [6.45, 7) is 0. The topological polar surface area (TPSA) is 102 Å². The summed E-state index contributed by atoms with van der Waals surface area (Å²) in [7, 11) is -3.27. The molecule has 2 aromatic rings. The highest BCUT2D eigenvalue weighted by atomic mass is 35.5. The Hall–Kier alpha value is -2.12. The van der Waals surface area contributed by atoms with Crippen molar-refractivity contribution in [2.75, 3.05) is 17.3 Å². The van der Waals surface area contributed by atoms with E-state index in [1.54, 1.807) is 0 Å². The molecule has 2 rings (SSSR count). The van der Waals surface area contributed by atoms with Crippen molar-refractivity contribution in [1.29, 1.82) is 0 Å². The van der Waals surface area contributed by atoms with E-state index >= 15 is 0 Å². The molecule has 0 saturated heterocycles. The molecule has 6 nitrogen and oxygen atoms in total. The third-order valence-corrected chi connectivity index (χ3v) is 4.07. The fourth-order valence-electron chi connectivity index (χ4n) is 1.61. The summed E-state index contributed by atoms with van der Waals surface area (Å²) in [6, 6.07) is 7.20. The molecule has 0 aliphatic heterocycles. The van der Waals surface area contributed by atoms with Crippen molar-refractivity contribution in [2.24, 2.45) is 0 Å². The van der Waals surface area contributed by atoms with Crippen LogP contribution in [0.15, 0.2) is 41.4 Å². The van der Waals surface area contributed by atoms with Crippen molar-refractivity contribution in [2.45, 2.75) is 4.90 Å². The Balaban J connectivity index is 2.22. The Morgan fingerprint density at radius 3 is 2.48 bits per heavy atom. The van der Waals surface area contributed by atoms with Gasteiger partial charge >= 0.3 is 0 Å². The fraction of sp³-hybridized carbons (Fsp3) is 0.0769. The van der Waals surface area contributed by atoms with Gasteiger partial charge in [0.15, 0.2) is 9.84 Å². The van der Waals surface area contributed by atoms with E-state index in [4.69, 9.17) is 17.3 Å². The molecule has 0 unspecified atom stereocenters. The van der Waals surface area contributed by atoms with E-state index in [1.807, 2.05) is 0 Å². The van der Waals surface area contributed by atoms with Crippen LogP contribution in [-0.2, 0) is 9.84 Å². The molecule has 0 fully saturated rings. The molecule has 8 heteroatoms. The van der Waals surface area contributed by atoms with Crippen molar-refractivity contribution < 1.29 is 13.2 Å². The normalized spacial score (nSPS) is 11.1. The average molecular weight is 326 g/mol. The minimum Gasteiger partial charge on any atom is -0.397 e. The second-order valence-corrected chi connectivity index (χ2v) is 6.73. The van der Waals surface area contributed by atoms with E-state index in [2.05, 4.69) is 10.3 Å². The van der Waals surface area contributed by atoms with E-state index in [0.717, 1.165) is 6.26 Å². The maximum atomic E-state index is 12.1. The minimum absolute atomic E-state index is 0.0365. The SMILES string of the molecule is CS(=O)(=O)c1ccc(NC(=O)c2cc(N)cnc2Cl)cc1. The number of hydrogen-bond acceptors (Lipinski definition) is 5. The lowest BCUT2D eigenvalue weighted by atomic mass is 10.2. The zero-order chi connectivity index (χ0) is 15.6. The number of amides is 1. The molecule has 0 atom stereocenters. The summed E-state index contributed by atoms with van der Waals surface area (Å²) in [4.78, 5) is 16.0. The van der Waals surface area contributed by atoms with Gasteiger partial charge < -0.3 is 11.1 Å². The van der Waals surface area contributed by atoms with Gasteiger partial charge in [0.05, 0.1) is 22.3 Å². The number of pyridine rings is 1. The zero-order valence-corrected chi connectivity index (χ0v) is 12.6. The molecule has 1 aromatic heterocycles. The molecular formula is C13H12ClN3O3S. The summed E-state index contributed by atoms with van der Waals surface area (Å²) >= 11 is 5.84. The Morgan fingerprint density at radius 2 is 1.90 bits per heavy atom. The number of nitrogen functional groups attached to an aromatic ring is 1. The number of carbonyl (C=O) groups excluding carboxylic acids is 1. The Bertz CT molecular complexity index is 789. The molecule has 1 heterocycles. The maximum Gasteiger partial charge on any atom is 0.258 e. The summed E-state index contributed by atoms with van der Waals surface area (Å²) in [5.41, 5.74) is 6.45. The van der Waals surface area contributed by atoms with E-state index in [-0.39, 0.29) is 15.6 Å². The lowest BCUT2D eigenvalue weighted by molar-refractivity contribution is 0.102.